The maximum absolute atomic E-state index is 13.0. The fourth-order valence-electron chi connectivity index (χ4n) is 2.30. The molecule has 26 heavy (non-hydrogen) atoms. The van der Waals surface area contributed by atoms with Gasteiger partial charge in [-0.1, -0.05) is 30.0 Å². The average Bonchev–Trinajstić information content (AvgIpc) is 2.71. The average molecular weight is 400 g/mol. The standard InChI is InChI=1S/C17H22BFO5S2/c1-12(20)25-11-14(18-23-16(2,3)17(4,5)24-18)10-13-6-8-15(9-7-13)26(19,21)22/h6-10H,11H2,1-5H3. The molecule has 0 bridgehead atoms. The Morgan fingerprint density at radius 1 is 1.15 bits per heavy atom. The van der Waals surface area contributed by atoms with Crippen molar-refractivity contribution in [3.8, 4) is 0 Å². The van der Waals surface area contributed by atoms with Crippen LogP contribution < -0.4 is 0 Å². The second kappa shape index (κ2) is 7.46. The zero-order valence-electron chi connectivity index (χ0n) is 15.4. The van der Waals surface area contributed by atoms with E-state index in [0.717, 1.165) is 17.2 Å². The third-order valence-electron chi connectivity index (χ3n) is 4.51. The molecule has 0 atom stereocenters. The molecule has 1 aromatic rings. The molecule has 0 N–H and O–H groups in total. The SMILES string of the molecule is CC(=O)SCC(=Cc1ccc(S(=O)(=O)F)cc1)B1OC(C)(C)C(C)(C)O1. The van der Waals surface area contributed by atoms with Crippen molar-refractivity contribution in [1.29, 1.82) is 0 Å². The lowest BCUT2D eigenvalue weighted by Gasteiger charge is -2.32. The number of carbonyl (C=O) groups excluding carboxylic acids is 1. The highest BCUT2D eigenvalue weighted by atomic mass is 32.3. The first-order valence-corrected chi connectivity index (χ1v) is 10.4. The highest BCUT2D eigenvalue weighted by molar-refractivity contribution is 8.13. The maximum Gasteiger partial charge on any atom is 0.491 e. The first-order chi connectivity index (χ1) is 11.8. The van der Waals surface area contributed by atoms with Gasteiger partial charge in [0.1, 0.15) is 0 Å². The zero-order valence-corrected chi connectivity index (χ0v) is 17.0. The van der Waals surface area contributed by atoms with Crippen LogP contribution in [0.5, 0.6) is 0 Å². The van der Waals surface area contributed by atoms with Gasteiger partial charge in [-0.15, -0.1) is 3.89 Å². The van der Waals surface area contributed by atoms with E-state index in [1.165, 1.54) is 31.2 Å². The number of thioether (sulfide) groups is 1. The van der Waals surface area contributed by atoms with Gasteiger partial charge in [0.25, 0.3) is 0 Å². The summed E-state index contributed by atoms with van der Waals surface area (Å²) in [6.07, 6.45) is 1.77. The van der Waals surface area contributed by atoms with Crippen LogP contribution >= 0.6 is 11.8 Å². The summed E-state index contributed by atoms with van der Waals surface area (Å²) in [6.45, 7) is 9.22. The van der Waals surface area contributed by atoms with Crippen LogP contribution in [-0.4, -0.2) is 37.6 Å². The van der Waals surface area contributed by atoms with Crippen LogP contribution in [0.2, 0.25) is 0 Å². The van der Waals surface area contributed by atoms with Gasteiger partial charge in [-0.2, -0.15) is 8.42 Å². The Hall–Kier alpha value is -1.16. The molecule has 9 heteroatoms. The van der Waals surface area contributed by atoms with Crippen LogP contribution in [-0.2, 0) is 24.3 Å². The lowest BCUT2D eigenvalue weighted by molar-refractivity contribution is -0.109. The minimum atomic E-state index is -4.73. The highest BCUT2D eigenvalue weighted by Crippen LogP contribution is 2.39. The van der Waals surface area contributed by atoms with Gasteiger partial charge in [0.05, 0.1) is 16.1 Å². The molecular formula is C17H22BFO5S2. The van der Waals surface area contributed by atoms with Gasteiger partial charge < -0.3 is 9.31 Å². The molecule has 1 aliphatic rings. The molecule has 1 fully saturated rings. The fourth-order valence-corrected chi connectivity index (χ4v) is 3.35. The second-order valence-corrected chi connectivity index (χ2v) is 9.59. The quantitative estimate of drug-likeness (QED) is 0.555. The smallest absolute Gasteiger partial charge is 0.400 e. The third-order valence-corrected chi connectivity index (χ3v) is 6.23. The Balaban J connectivity index is 2.33. The summed E-state index contributed by atoms with van der Waals surface area (Å²) < 4.78 is 47.0. The molecular weight excluding hydrogens is 378 g/mol. The molecule has 1 saturated heterocycles. The van der Waals surface area contributed by atoms with E-state index >= 15 is 0 Å². The molecule has 142 valence electrons. The van der Waals surface area contributed by atoms with Crippen molar-refractivity contribution >= 4 is 40.3 Å². The Labute approximate surface area is 158 Å². The van der Waals surface area contributed by atoms with Crippen LogP contribution in [0.3, 0.4) is 0 Å². The Morgan fingerprint density at radius 3 is 2.08 bits per heavy atom. The van der Waals surface area contributed by atoms with Crippen LogP contribution in [0, 0.1) is 0 Å². The van der Waals surface area contributed by atoms with E-state index in [4.69, 9.17) is 9.31 Å². The maximum atomic E-state index is 13.0. The molecule has 1 aromatic carbocycles. The molecule has 0 amide bonds. The lowest BCUT2D eigenvalue weighted by Crippen LogP contribution is -2.41. The minimum absolute atomic E-state index is 0.0358. The van der Waals surface area contributed by atoms with Crippen molar-refractivity contribution < 1.29 is 26.4 Å². The normalized spacial score (nSPS) is 19.6. The van der Waals surface area contributed by atoms with Gasteiger partial charge in [-0.25, -0.2) is 0 Å². The number of hydrogen-bond donors (Lipinski definition) is 0. The van der Waals surface area contributed by atoms with Gasteiger partial charge >= 0.3 is 17.3 Å². The molecule has 1 aliphatic heterocycles. The summed E-state index contributed by atoms with van der Waals surface area (Å²) >= 11 is 1.13. The predicted molar refractivity (Wildman–Crippen MR) is 102 cm³/mol. The van der Waals surface area contributed by atoms with Crippen molar-refractivity contribution in [3.63, 3.8) is 0 Å². The second-order valence-electron chi connectivity index (χ2n) is 7.09. The van der Waals surface area contributed by atoms with Crippen molar-refractivity contribution in [3.05, 3.63) is 35.3 Å². The largest absolute Gasteiger partial charge is 0.491 e. The number of benzene rings is 1. The summed E-state index contributed by atoms with van der Waals surface area (Å²) in [5, 5.41) is -0.0358. The van der Waals surface area contributed by atoms with Gasteiger partial charge in [-0.05, 0) is 50.9 Å². The van der Waals surface area contributed by atoms with Gasteiger partial charge in [-0.3, -0.25) is 4.79 Å². The van der Waals surface area contributed by atoms with E-state index in [2.05, 4.69) is 0 Å². The van der Waals surface area contributed by atoms with Crippen molar-refractivity contribution in [2.45, 2.75) is 50.7 Å². The van der Waals surface area contributed by atoms with E-state index in [1.54, 1.807) is 6.08 Å². The first-order valence-electron chi connectivity index (χ1n) is 8.06. The van der Waals surface area contributed by atoms with E-state index in [1.807, 2.05) is 27.7 Å². The molecule has 0 saturated carbocycles. The van der Waals surface area contributed by atoms with Crippen LogP contribution in [0.25, 0.3) is 6.08 Å². The lowest BCUT2D eigenvalue weighted by atomic mass is 9.78. The molecule has 0 aliphatic carbocycles. The van der Waals surface area contributed by atoms with E-state index in [0.29, 0.717) is 11.3 Å². The summed E-state index contributed by atoms with van der Waals surface area (Å²) in [6, 6.07) is 5.38. The van der Waals surface area contributed by atoms with E-state index in [9.17, 15) is 17.1 Å². The molecule has 5 nitrogen and oxygen atoms in total. The zero-order chi connectivity index (χ0) is 19.8. The number of halogens is 1. The molecule has 0 unspecified atom stereocenters. The van der Waals surface area contributed by atoms with Gasteiger partial charge in [0.15, 0.2) is 5.12 Å². The first kappa shape index (κ1) is 21.1. The number of rotatable bonds is 5. The summed E-state index contributed by atoms with van der Waals surface area (Å²) in [5.41, 5.74) is 0.346. The van der Waals surface area contributed by atoms with Crippen LogP contribution in [0.15, 0.2) is 34.6 Å². The number of hydrogen-bond acceptors (Lipinski definition) is 6. The van der Waals surface area contributed by atoms with E-state index in [-0.39, 0.29) is 5.12 Å². The minimum Gasteiger partial charge on any atom is -0.400 e. The van der Waals surface area contributed by atoms with Crippen molar-refractivity contribution in [2.24, 2.45) is 0 Å². The summed E-state index contributed by atoms with van der Waals surface area (Å²) in [4.78, 5) is 11.0. The van der Waals surface area contributed by atoms with Crippen molar-refractivity contribution in [1.82, 2.24) is 0 Å². The summed E-state index contributed by atoms with van der Waals surface area (Å²) in [7, 11) is -5.36. The van der Waals surface area contributed by atoms with Crippen molar-refractivity contribution in [2.75, 3.05) is 5.75 Å². The van der Waals surface area contributed by atoms with Gasteiger partial charge in [0.2, 0.25) is 0 Å². The fraction of sp³-hybridized carbons (Fsp3) is 0.471. The molecule has 1 heterocycles. The summed E-state index contributed by atoms with van der Waals surface area (Å²) in [5.74, 6) is 0.370. The van der Waals surface area contributed by atoms with Crippen LogP contribution in [0.4, 0.5) is 3.89 Å². The third kappa shape index (κ3) is 4.97. The monoisotopic (exact) mass is 400 g/mol. The van der Waals surface area contributed by atoms with Gasteiger partial charge in [0, 0.05) is 12.7 Å². The Morgan fingerprint density at radius 2 is 1.65 bits per heavy atom. The number of carbonyl (C=O) groups is 1. The topological polar surface area (TPSA) is 69.7 Å². The Kier molecular flexibility index (Phi) is 6.07. The predicted octanol–water partition coefficient (Wildman–Crippen LogP) is 3.64. The highest BCUT2D eigenvalue weighted by Gasteiger charge is 2.52. The van der Waals surface area contributed by atoms with Crippen LogP contribution in [0.1, 0.15) is 40.2 Å². The molecule has 0 spiro atoms. The molecule has 0 aromatic heterocycles. The molecule has 0 radical (unpaired) electrons. The molecule has 2 rings (SSSR count). The van der Waals surface area contributed by atoms with E-state index < -0.39 is 33.4 Å². The Bertz CT molecular complexity index is 800.